The summed E-state index contributed by atoms with van der Waals surface area (Å²) in [5.41, 5.74) is 1.71. The molecule has 1 aromatic rings. The predicted octanol–water partition coefficient (Wildman–Crippen LogP) is 0.573. The lowest BCUT2D eigenvalue weighted by Crippen LogP contribution is -2.38. The van der Waals surface area contributed by atoms with Gasteiger partial charge in [-0.25, -0.2) is 0 Å². The van der Waals surface area contributed by atoms with E-state index in [0.29, 0.717) is 6.54 Å². The zero-order valence-electron chi connectivity index (χ0n) is 8.32. The van der Waals surface area contributed by atoms with Crippen LogP contribution in [0.1, 0.15) is 17.0 Å². The average molecular weight is 205 g/mol. The molecule has 1 aliphatic heterocycles. The number of hydrogen-bond acceptors (Lipinski definition) is 3. The van der Waals surface area contributed by atoms with Crippen LogP contribution in [0.3, 0.4) is 0 Å². The first-order chi connectivity index (χ1) is 7.24. The molecule has 0 unspecified atom stereocenters. The molecule has 1 atom stereocenters. The van der Waals surface area contributed by atoms with Crippen LogP contribution in [0.5, 0.6) is 0 Å². The molecule has 0 bridgehead atoms. The lowest BCUT2D eigenvalue weighted by Gasteiger charge is -2.23. The molecule has 2 rings (SSSR count). The van der Waals surface area contributed by atoms with Gasteiger partial charge in [0.25, 0.3) is 0 Å². The van der Waals surface area contributed by atoms with Crippen molar-refractivity contribution in [1.29, 1.82) is 0 Å². The van der Waals surface area contributed by atoms with Crippen molar-refractivity contribution >= 4 is 11.9 Å². The minimum Gasteiger partial charge on any atom is -0.468 e. The van der Waals surface area contributed by atoms with E-state index in [1.807, 2.05) is 18.2 Å². The first kappa shape index (κ1) is 9.71. The van der Waals surface area contributed by atoms with Crippen molar-refractivity contribution in [2.75, 3.05) is 7.11 Å². The van der Waals surface area contributed by atoms with E-state index >= 15 is 0 Å². The number of nitrogens with one attached hydrogen (secondary N) is 1. The Morgan fingerprint density at radius 3 is 2.93 bits per heavy atom. The van der Waals surface area contributed by atoms with Gasteiger partial charge in [0.15, 0.2) is 5.92 Å². The lowest BCUT2D eigenvalue weighted by molar-refractivity contribution is -0.146. The Labute approximate surface area is 87.2 Å². The van der Waals surface area contributed by atoms with E-state index in [9.17, 15) is 9.59 Å². The Bertz CT molecular complexity index is 414. The molecular weight excluding hydrogens is 194 g/mol. The Morgan fingerprint density at radius 2 is 2.20 bits per heavy atom. The lowest BCUT2D eigenvalue weighted by atomic mass is 9.90. The normalized spacial score (nSPS) is 19.0. The van der Waals surface area contributed by atoms with Crippen molar-refractivity contribution in [1.82, 2.24) is 5.32 Å². The number of ether oxygens (including phenoxy) is 1. The van der Waals surface area contributed by atoms with Gasteiger partial charge in [-0.05, 0) is 11.1 Å². The quantitative estimate of drug-likeness (QED) is 0.538. The minimum absolute atomic E-state index is 0.291. The molecule has 1 amide bonds. The van der Waals surface area contributed by atoms with Crippen LogP contribution in [0.25, 0.3) is 0 Å². The van der Waals surface area contributed by atoms with E-state index in [2.05, 4.69) is 10.1 Å². The van der Waals surface area contributed by atoms with E-state index in [4.69, 9.17) is 0 Å². The van der Waals surface area contributed by atoms with Crippen LogP contribution in [-0.4, -0.2) is 19.0 Å². The smallest absolute Gasteiger partial charge is 0.322 e. The van der Waals surface area contributed by atoms with Crippen LogP contribution < -0.4 is 5.32 Å². The molecule has 0 radical (unpaired) electrons. The number of benzene rings is 1. The Balaban J connectivity index is 2.46. The van der Waals surface area contributed by atoms with Crippen LogP contribution in [-0.2, 0) is 20.9 Å². The number of carbonyl (C=O) groups is 2. The summed E-state index contributed by atoms with van der Waals surface area (Å²) in [4.78, 5) is 23.0. The first-order valence-electron chi connectivity index (χ1n) is 4.67. The van der Waals surface area contributed by atoms with E-state index in [1.54, 1.807) is 6.07 Å². The molecule has 0 saturated heterocycles. The molecule has 0 saturated carbocycles. The van der Waals surface area contributed by atoms with Crippen molar-refractivity contribution in [3.8, 4) is 0 Å². The highest BCUT2D eigenvalue weighted by Crippen LogP contribution is 2.25. The van der Waals surface area contributed by atoms with Crippen LogP contribution >= 0.6 is 0 Å². The zero-order chi connectivity index (χ0) is 10.8. The molecule has 0 spiro atoms. The third-order valence-corrected chi connectivity index (χ3v) is 2.52. The topological polar surface area (TPSA) is 55.4 Å². The summed E-state index contributed by atoms with van der Waals surface area (Å²) >= 11 is 0. The zero-order valence-corrected chi connectivity index (χ0v) is 8.32. The molecule has 78 valence electrons. The summed E-state index contributed by atoms with van der Waals surface area (Å²) in [5.74, 6) is -1.62. The number of fused-ring (bicyclic) bond motifs is 1. The van der Waals surface area contributed by atoms with Crippen molar-refractivity contribution in [2.24, 2.45) is 0 Å². The van der Waals surface area contributed by atoms with Gasteiger partial charge in [-0.3, -0.25) is 9.59 Å². The summed E-state index contributed by atoms with van der Waals surface area (Å²) in [7, 11) is 1.28. The van der Waals surface area contributed by atoms with Gasteiger partial charge in [-0.1, -0.05) is 24.3 Å². The number of amides is 1. The second-order valence-corrected chi connectivity index (χ2v) is 3.37. The molecule has 0 aliphatic carbocycles. The van der Waals surface area contributed by atoms with E-state index in [-0.39, 0.29) is 5.91 Å². The number of methoxy groups -OCH3 is 1. The SMILES string of the molecule is COC(=O)[C@H]1C(=O)NCc2ccccc21. The predicted molar refractivity (Wildman–Crippen MR) is 53.0 cm³/mol. The molecule has 1 N–H and O–H groups in total. The van der Waals surface area contributed by atoms with E-state index in [0.717, 1.165) is 11.1 Å². The molecular formula is C11H11NO3. The van der Waals surface area contributed by atoms with Gasteiger partial charge in [0.2, 0.25) is 5.91 Å². The van der Waals surface area contributed by atoms with Crippen LogP contribution in [0.15, 0.2) is 24.3 Å². The van der Waals surface area contributed by atoms with Gasteiger partial charge in [0.05, 0.1) is 7.11 Å². The Hall–Kier alpha value is -1.84. The summed E-state index contributed by atoms with van der Waals surface area (Å²) in [5, 5.41) is 2.66. The maximum atomic E-state index is 11.5. The van der Waals surface area contributed by atoms with Crippen molar-refractivity contribution in [3.63, 3.8) is 0 Å². The van der Waals surface area contributed by atoms with Gasteiger partial charge >= 0.3 is 5.97 Å². The van der Waals surface area contributed by atoms with Crippen LogP contribution in [0.4, 0.5) is 0 Å². The fraction of sp³-hybridized carbons (Fsp3) is 0.273. The van der Waals surface area contributed by atoms with Crippen molar-refractivity contribution in [3.05, 3.63) is 35.4 Å². The fourth-order valence-corrected chi connectivity index (χ4v) is 1.75. The minimum atomic E-state index is -0.819. The summed E-state index contributed by atoms with van der Waals surface area (Å²) < 4.78 is 4.62. The fourth-order valence-electron chi connectivity index (χ4n) is 1.75. The summed E-state index contributed by atoms with van der Waals surface area (Å²) in [6.45, 7) is 0.475. The number of carbonyl (C=O) groups excluding carboxylic acids is 2. The van der Waals surface area contributed by atoms with E-state index < -0.39 is 11.9 Å². The molecule has 1 aliphatic rings. The Kier molecular flexibility index (Phi) is 2.41. The maximum Gasteiger partial charge on any atom is 0.322 e. The highest BCUT2D eigenvalue weighted by molar-refractivity contribution is 6.04. The van der Waals surface area contributed by atoms with Gasteiger partial charge in [0, 0.05) is 6.54 Å². The van der Waals surface area contributed by atoms with Crippen molar-refractivity contribution < 1.29 is 14.3 Å². The van der Waals surface area contributed by atoms with E-state index in [1.165, 1.54) is 7.11 Å². The molecule has 0 fully saturated rings. The average Bonchev–Trinajstić information content (AvgIpc) is 2.28. The van der Waals surface area contributed by atoms with Crippen LogP contribution in [0.2, 0.25) is 0 Å². The van der Waals surface area contributed by atoms with Gasteiger partial charge in [-0.2, -0.15) is 0 Å². The molecule has 1 aromatic carbocycles. The second kappa shape index (κ2) is 3.73. The van der Waals surface area contributed by atoms with Crippen molar-refractivity contribution in [2.45, 2.75) is 12.5 Å². The number of rotatable bonds is 1. The third-order valence-electron chi connectivity index (χ3n) is 2.52. The summed E-state index contributed by atoms with van der Waals surface area (Å²) in [6, 6.07) is 7.37. The van der Waals surface area contributed by atoms with Gasteiger partial charge in [-0.15, -0.1) is 0 Å². The molecule has 15 heavy (non-hydrogen) atoms. The molecule has 0 aromatic heterocycles. The van der Waals surface area contributed by atoms with Gasteiger partial charge in [0.1, 0.15) is 0 Å². The highest BCUT2D eigenvalue weighted by Gasteiger charge is 2.34. The first-order valence-corrected chi connectivity index (χ1v) is 4.67. The molecule has 4 heteroatoms. The maximum absolute atomic E-state index is 11.5. The largest absolute Gasteiger partial charge is 0.468 e. The summed E-state index contributed by atoms with van der Waals surface area (Å²) in [6.07, 6.45) is 0. The third kappa shape index (κ3) is 1.58. The van der Waals surface area contributed by atoms with Crippen LogP contribution in [0, 0.1) is 0 Å². The Morgan fingerprint density at radius 1 is 1.47 bits per heavy atom. The standard InChI is InChI=1S/C11H11NO3/c1-15-11(14)9-8-5-3-2-4-7(8)6-12-10(9)13/h2-5,9H,6H2,1H3,(H,12,13)/t9-/m1/s1. The highest BCUT2D eigenvalue weighted by atomic mass is 16.5. The monoisotopic (exact) mass is 205 g/mol. The van der Waals surface area contributed by atoms with Gasteiger partial charge < -0.3 is 10.1 Å². The molecule has 4 nitrogen and oxygen atoms in total. The molecule has 1 heterocycles. The second-order valence-electron chi connectivity index (χ2n) is 3.37. The number of esters is 1. The number of hydrogen-bond donors (Lipinski definition) is 1.